The van der Waals surface area contributed by atoms with Gasteiger partial charge < -0.3 is 5.32 Å². The van der Waals surface area contributed by atoms with E-state index in [0.29, 0.717) is 6.42 Å². The topological polar surface area (TPSA) is 29.1 Å². The maximum atomic E-state index is 11.0. The molecule has 2 heteroatoms. The zero-order valence-corrected chi connectivity index (χ0v) is 6.74. The van der Waals surface area contributed by atoms with Crippen LogP contribution < -0.4 is 5.32 Å². The van der Waals surface area contributed by atoms with Gasteiger partial charge in [0, 0.05) is 12.0 Å². The van der Waals surface area contributed by atoms with Crippen LogP contribution >= 0.6 is 0 Å². The first-order valence-corrected chi connectivity index (χ1v) is 3.91. The SMILES string of the molecule is CC1(C)CCCCC(=O)N1. The van der Waals surface area contributed by atoms with E-state index in [-0.39, 0.29) is 11.4 Å². The van der Waals surface area contributed by atoms with Gasteiger partial charge in [-0.2, -0.15) is 0 Å². The van der Waals surface area contributed by atoms with Crippen LogP contribution in [0, 0.1) is 0 Å². The van der Waals surface area contributed by atoms with Crippen molar-refractivity contribution in [2.45, 2.75) is 45.1 Å². The van der Waals surface area contributed by atoms with Gasteiger partial charge in [-0.05, 0) is 26.7 Å². The average Bonchev–Trinajstić information content (AvgIpc) is 1.90. The first-order chi connectivity index (χ1) is 4.60. The van der Waals surface area contributed by atoms with Crippen LogP contribution in [0.1, 0.15) is 39.5 Å². The van der Waals surface area contributed by atoms with Crippen molar-refractivity contribution in [2.24, 2.45) is 0 Å². The lowest BCUT2D eigenvalue weighted by Crippen LogP contribution is -2.41. The van der Waals surface area contributed by atoms with Gasteiger partial charge in [-0.15, -0.1) is 0 Å². The molecule has 1 rings (SSSR count). The molecule has 0 unspecified atom stereocenters. The van der Waals surface area contributed by atoms with E-state index in [9.17, 15) is 4.79 Å². The third-order valence-electron chi connectivity index (χ3n) is 1.93. The summed E-state index contributed by atoms with van der Waals surface area (Å²) >= 11 is 0. The number of carbonyl (C=O) groups excluding carboxylic acids is 1. The Hall–Kier alpha value is -0.530. The van der Waals surface area contributed by atoms with E-state index in [4.69, 9.17) is 0 Å². The van der Waals surface area contributed by atoms with Gasteiger partial charge in [-0.25, -0.2) is 0 Å². The standard InChI is InChI=1S/C8H15NO/c1-8(2)6-4-3-5-7(10)9-8/h3-6H2,1-2H3,(H,9,10). The molecule has 1 fully saturated rings. The second kappa shape index (κ2) is 2.60. The van der Waals surface area contributed by atoms with E-state index in [0.717, 1.165) is 12.8 Å². The molecule has 0 bridgehead atoms. The Bertz CT molecular complexity index is 140. The molecule has 0 radical (unpaired) electrons. The summed E-state index contributed by atoms with van der Waals surface area (Å²) in [7, 11) is 0. The largest absolute Gasteiger partial charge is 0.351 e. The fraction of sp³-hybridized carbons (Fsp3) is 0.875. The summed E-state index contributed by atoms with van der Waals surface area (Å²) in [5, 5.41) is 2.98. The fourth-order valence-corrected chi connectivity index (χ4v) is 1.35. The van der Waals surface area contributed by atoms with Gasteiger partial charge in [0.05, 0.1) is 0 Å². The maximum Gasteiger partial charge on any atom is 0.220 e. The second-order valence-corrected chi connectivity index (χ2v) is 3.64. The van der Waals surface area contributed by atoms with Crippen LogP contribution in [0.25, 0.3) is 0 Å². The van der Waals surface area contributed by atoms with Crippen molar-refractivity contribution in [2.75, 3.05) is 0 Å². The average molecular weight is 141 g/mol. The summed E-state index contributed by atoms with van der Waals surface area (Å²) in [4.78, 5) is 11.0. The predicted molar refractivity (Wildman–Crippen MR) is 40.7 cm³/mol. The smallest absolute Gasteiger partial charge is 0.220 e. The van der Waals surface area contributed by atoms with Crippen molar-refractivity contribution in [3.8, 4) is 0 Å². The molecule has 1 aliphatic rings. The van der Waals surface area contributed by atoms with Crippen LogP contribution in [0.15, 0.2) is 0 Å². The monoisotopic (exact) mass is 141 g/mol. The Kier molecular flexibility index (Phi) is 1.97. The second-order valence-electron chi connectivity index (χ2n) is 3.64. The molecule has 0 spiro atoms. The lowest BCUT2D eigenvalue weighted by Gasteiger charge is -2.23. The molecule has 1 heterocycles. The van der Waals surface area contributed by atoms with Crippen molar-refractivity contribution in [1.82, 2.24) is 5.32 Å². The van der Waals surface area contributed by atoms with Crippen LogP contribution in [-0.4, -0.2) is 11.4 Å². The predicted octanol–water partition coefficient (Wildman–Crippen LogP) is 1.46. The van der Waals surface area contributed by atoms with E-state index < -0.39 is 0 Å². The van der Waals surface area contributed by atoms with Gasteiger partial charge in [0.1, 0.15) is 0 Å². The third kappa shape index (κ3) is 2.01. The highest BCUT2D eigenvalue weighted by Crippen LogP contribution is 2.17. The quantitative estimate of drug-likeness (QED) is 0.543. The van der Waals surface area contributed by atoms with Crippen molar-refractivity contribution in [3.05, 3.63) is 0 Å². The number of rotatable bonds is 0. The van der Waals surface area contributed by atoms with Gasteiger partial charge in [-0.1, -0.05) is 6.42 Å². The normalized spacial score (nSPS) is 25.2. The molecule has 10 heavy (non-hydrogen) atoms. The summed E-state index contributed by atoms with van der Waals surface area (Å²) in [6.45, 7) is 4.16. The molecule has 0 saturated carbocycles. The van der Waals surface area contributed by atoms with E-state index in [1.807, 2.05) is 0 Å². The first kappa shape index (κ1) is 7.58. The lowest BCUT2D eigenvalue weighted by molar-refractivity contribution is -0.122. The fourth-order valence-electron chi connectivity index (χ4n) is 1.35. The molecule has 0 aromatic carbocycles. The molecular weight excluding hydrogens is 126 g/mol. The Balaban J connectivity index is 2.54. The molecule has 0 aromatic rings. The van der Waals surface area contributed by atoms with Crippen LogP contribution in [0.3, 0.4) is 0 Å². The molecule has 58 valence electrons. The molecule has 0 atom stereocenters. The summed E-state index contributed by atoms with van der Waals surface area (Å²) in [6, 6.07) is 0. The van der Waals surface area contributed by atoms with Crippen molar-refractivity contribution in [3.63, 3.8) is 0 Å². The van der Waals surface area contributed by atoms with E-state index in [1.54, 1.807) is 0 Å². The van der Waals surface area contributed by atoms with Crippen LogP contribution in [0.2, 0.25) is 0 Å². The summed E-state index contributed by atoms with van der Waals surface area (Å²) in [6.07, 6.45) is 4.04. The number of hydrogen-bond donors (Lipinski definition) is 1. The Labute approximate surface area is 62.0 Å². The van der Waals surface area contributed by atoms with Crippen LogP contribution in [-0.2, 0) is 4.79 Å². The van der Waals surface area contributed by atoms with Gasteiger partial charge >= 0.3 is 0 Å². The highest BCUT2D eigenvalue weighted by molar-refractivity contribution is 5.76. The highest BCUT2D eigenvalue weighted by Gasteiger charge is 2.22. The number of carbonyl (C=O) groups is 1. The Morgan fingerprint density at radius 2 is 2.10 bits per heavy atom. The van der Waals surface area contributed by atoms with Crippen molar-refractivity contribution in [1.29, 1.82) is 0 Å². The Morgan fingerprint density at radius 1 is 1.40 bits per heavy atom. The zero-order valence-electron chi connectivity index (χ0n) is 6.74. The number of amides is 1. The van der Waals surface area contributed by atoms with E-state index >= 15 is 0 Å². The zero-order chi connectivity index (χ0) is 7.61. The van der Waals surface area contributed by atoms with Gasteiger partial charge in [0.2, 0.25) is 5.91 Å². The minimum atomic E-state index is 0.0353. The maximum absolute atomic E-state index is 11.0. The summed E-state index contributed by atoms with van der Waals surface area (Å²) in [5.41, 5.74) is 0.0353. The van der Waals surface area contributed by atoms with Gasteiger partial charge in [-0.3, -0.25) is 4.79 Å². The minimum absolute atomic E-state index is 0.0353. The molecule has 1 N–H and O–H groups in total. The van der Waals surface area contributed by atoms with Crippen LogP contribution in [0.5, 0.6) is 0 Å². The van der Waals surface area contributed by atoms with E-state index in [2.05, 4.69) is 19.2 Å². The van der Waals surface area contributed by atoms with Gasteiger partial charge in [0.15, 0.2) is 0 Å². The summed E-state index contributed by atoms with van der Waals surface area (Å²) in [5.74, 6) is 0.211. The number of nitrogens with one attached hydrogen (secondary N) is 1. The van der Waals surface area contributed by atoms with Crippen molar-refractivity contribution < 1.29 is 4.79 Å². The molecular formula is C8H15NO. The van der Waals surface area contributed by atoms with E-state index in [1.165, 1.54) is 6.42 Å². The van der Waals surface area contributed by atoms with Crippen molar-refractivity contribution >= 4 is 5.91 Å². The Morgan fingerprint density at radius 3 is 2.80 bits per heavy atom. The lowest BCUT2D eigenvalue weighted by atomic mass is 9.99. The molecule has 0 aliphatic carbocycles. The number of hydrogen-bond acceptors (Lipinski definition) is 1. The third-order valence-corrected chi connectivity index (χ3v) is 1.93. The molecule has 2 nitrogen and oxygen atoms in total. The molecule has 0 aromatic heterocycles. The minimum Gasteiger partial charge on any atom is -0.351 e. The molecule has 1 aliphatic heterocycles. The summed E-state index contributed by atoms with van der Waals surface area (Å²) < 4.78 is 0. The highest BCUT2D eigenvalue weighted by atomic mass is 16.1. The molecule has 1 saturated heterocycles. The van der Waals surface area contributed by atoms with Gasteiger partial charge in [0.25, 0.3) is 0 Å². The first-order valence-electron chi connectivity index (χ1n) is 3.91. The molecule has 1 amide bonds. The van der Waals surface area contributed by atoms with Crippen LogP contribution in [0.4, 0.5) is 0 Å².